The van der Waals surface area contributed by atoms with Crippen LogP contribution in [0.5, 0.6) is 0 Å². The van der Waals surface area contributed by atoms with Crippen LogP contribution < -0.4 is 5.32 Å². The molecule has 0 saturated carbocycles. The fourth-order valence-electron chi connectivity index (χ4n) is 3.04. The minimum absolute atomic E-state index is 0.142. The van der Waals surface area contributed by atoms with Gasteiger partial charge in [0, 0.05) is 30.1 Å². The molecule has 1 aliphatic heterocycles. The van der Waals surface area contributed by atoms with Gasteiger partial charge in [-0.15, -0.1) is 0 Å². The first-order chi connectivity index (χ1) is 12.0. The van der Waals surface area contributed by atoms with Crippen molar-refractivity contribution in [2.75, 3.05) is 6.54 Å². The Kier molecular flexibility index (Phi) is 5.39. The summed E-state index contributed by atoms with van der Waals surface area (Å²) < 4.78 is 0. The predicted molar refractivity (Wildman–Crippen MR) is 98.4 cm³/mol. The Morgan fingerprint density at radius 1 is 1.20 bits per heavy atom. The summed E-state index contributed by atoms with van der Waals surface area (Å²) in [7, 11) is 0. The number of rotatable bonds is 5. The summed E-state index contributed by atoms with van der Waals surface area (Å²) in [5, 5.41) is 3.60. The summed E-state index contributed by atoms with van der Waals surface area (Å²) in [6.07, 6.45) is 1.57. The molecule has 1 atom stereocenters. The highest BCUT2D eigenvalue weighted by molar-refractivity contribution is 6.31. The molecule has 0 unspecified atom stereocenters. The highest BCUT2D eigenvalue weighted by Crippen LogP contribution is 2.22. The first-order valence-electron chi connectivity index (χ1n) is 8.46. The number of nitrogens with one attached hydrogen (secondary N) is 1. The zero-order chi connectivity index (χ0) is 17.8. The van der Waals surface area contributed by atoms with Gasteiger partial charge in [-0.05, 0) is 42.7 Å². The lowest BCUT2D eigenvalue weighted by molar-refractivity contribution is -0.128. The van der Waals surface area contributed by atoms with Gasteiger partial charge in [-0.1, -0.05) is 41.9 Å². The highest BCUT2D eigenvalue weighted by Gasteiger charge is 2.20. The van der Waals surface area contributed by atoms with Gasteiger partial charge in [-0.25, -0.2) is 0 Å². The third-order valence-corrected chi connectivity index (χ3v) is 4.82. The van der Waals surface area contributed by atoms with E-state index in [0.717, 1.165) is 24.1 Å². The number of hydrogen-bond acceptors (Lipinski definition) is 2. The molecule has 4 nitrogen and oxygen atoms in total. The minimum Gasteiger partial charge on any atom is -0.345 e. The number of nitrogens with zero attached hydrogens (tertiary/aromatic N) is 1. The molecule has 1 fully saturated rings. The zero-order valence-electron chi connectivity index (χ0n) is 14.2. The molecule has 0 bridgehead atoms. The summed E-state index contributed by atoms with van der Waals surface area (Å²) in [6, 6.07) is 14.7. The second kappa shape index (κ2) is 7.70. The van der Waals surface area contributed by atoms with Crippen LogP contribution in [0.15, 0.2) is 48.5 Å². The molecule has 0 radical (unpaired) electrons. The van der Waals surface area contributed by atoms with Crippen molar-refractivity contribution in [2.45, 2.75) is 32.4 Å². The Morgan fingerprint density at radius 2 is 1.92 bits per heavy atom. The molecule has 1 N–H and O–H groups in total. The van der Waals surface area contributed by atoms with E-state index in [2.05, 4.69) is 5.32 Å². The van der Waals surface area contributed by atoms with Gasteiger partial charge < -0.3 is 10.2 Å². The molecule has 0 aliphatic carbocycles. The molecule has 0 spiro atoms. The van der Waals surface area contributed by atoms with Crippen molar-refractivity contribution in [2.24, 2.45) is 0 Å². The maximum absolute atomic E-state index is 12.4. The van der Waals surface area contributed by atoms with Crippen LogP contribution in [0.1, 0.15) is 47.3 Å². The first-order valence-corrected chi connectivity index (χ1v) is 8.84. The third kappa shape index (κ3) is 4.20. The van der Waals surface area contributed by atoms with E-state index < -0.39 is 0 Å². The van der Waals surface area contributed by atoms with Gasteiger partial charge in [-0.2, -0.15) is 0 Å². The fraction of sp³-hybridized carbons (Fsp3) is 0.300. The Balaban J connectivity index is 1.62. The quantitative estimate of drug-likeness (QED) is 0.881. The van der Waals surface area contributed by atoms with Gasteiger partial charge in [0.05, 0.1) is 6.04 Å². The molecule has 0 aromatic heterocycles. The van der Waals surface area contributed by atoms with Crippen LogP contribution in [0.3, 0.4) is 0 Å². The van der Waals surface area contributed by atoms with Gasteiger partial charge in [0.15, 0.2) is 0 Å². The van der Waals surface area contributed by atoms with Crippen LogP contribution in [0.4, 0.5) is 0 Å². The molecule has 5 heteroatoms. The Hall–Kier alpha value is -2.33. The number of hydrogen-bond donors (Lipinski definition) is 1. The number of amides is 2. The molecule has 1 heterocycles. The monoisotopic (exact) mass is 356 g/mol. The van der Waals surface area contributed by atoms with Crippen molar-refractivity contribution >= 4 is 23.4 Å². The molecule has 3 rings (SSSR count). The van der Waals surface area contributed by atoms with E-state index in [0.29, 0.717) is 23.6 Å². The molecule has 1 aliphatic rings. The minimum atomic E-state index is -0.178. The maximum Gasteiger partial charge on any atom is 0.251 e. The topological polar surface area (TPSA) is 49.4 Å². The summed E-state index contributed by atoms with van der Waals surface area (Å²) in [5.41, 5.74) is 2.52. The largest absolute Gasteiger partial charge is 0.345 e. The third-order valence-electron chi connectivity index (χ3n) is 4.48. The summed E-state index contributed by atoms with van der Waals surface area (Å²) in [6.45, 7) is 3.33. The first kappa shape index (κ1) is 17.5. The van der Waals surface area contributed by atoms with Crippen LogP contribution in [0, 0.1) is 0 Å². The van der Waals surface area contributed by atoms with Gasteiger partial charge in [0.1, 0.15) is 0 Å². The molecular weight excluding hydrogens is 336 g/mol. The van der Waals surface area contributed by atoms with E-state index in [1.807, 2.05) is 48.2 Å². The number of halogens is 1. The van der Waals surface area contributed by atoms with E-state index in [1.54, 1.807) is 12.1 Å². The predicted octanol–water partition coefficient (Wildman–Crippen LogP) is 3.95. The Bertz CT molecular complexity index is 774. The summed E-state index contributed by atoms with van der Waals surface area (Å²) >= 11 is 6.18. The molecule has 2 aromatic rings. The number of carbonyl (C=O) groups is 2. The van der Waals surface area contributed by atoms with Crippen molar-refractivity contribution in [3.8, 4) is 0 Å². The average Bonchev–Trinajstić information content (AvgIpc) is 3.00. The molecule has 130 valence electrons. The van der Waals surface area contributed by atoms with E-state index in [-0.39, 0.29) is 17.9 Å². The fourth-order valence-corrected chi connectivity index (χ4v) is 3.34. The number of likely N-dealkylation sites (tertiary alicyclic amines) is 1. The summed E-state index contributed by atoms with van der Waals surface area (Å²) in [5.74, 6) is 0.0617. The molecule has 25 heavy (non-hydrogen) atoms. The maximum atomic E-state index is 12.4. The van der Waals surface area contributed by atoms with Gasteiger partial charge in [0.25, 0.3) is 5.91 Å². The SMILES string of the molecule is C[C@H](NC(=O)c1ccc(CN2CCCC2=O)cc1)c1ccccc1Cl. The van der Waals surface area contributed by atoms with E-state index in [1.165, 1.54) is 0 Å². The van der Waals surface area contributed by atoms with E-state index in [4.69, 9.17) is 11.6 Å². The van der Waals surface area contributed by atoms with Gasteiger partial charge in [0.2, 0.25) is 5.91 Å². The van der Waals surface area contributed by atoms with Gasteiger partial charge >= 0.3 is 0 Å². The second-order valence-corrected chi connectivity index (χ2v) is 6.74. The van der Waals surface area contributed by atoms with E-state index >= 15 is 0 Å². The lowest BCUT2D eigenvalue weighted by atomic mass is 10.1. The number of benzene rings is 2. The van der Waals surface area contributed by atoms with E-state index in [9.17, 15) is 9.59 Å². The van der Waals surface area contributed by atoms with Gasteiger partial charge in [-0.3, -0.25) is 9.59 Å². The zero-order valence-corrected chi connectivity index (χ0v) is 14.9. The van der Waals surface area contributed by atoms with Crippen molar-refractivity contribution in [1.29, 1.82) is 0 Å². The van der Waals surface area contributed by atoms with Crippen LogP contribution in [0.25, 0.3) is 0 Å². The highest BCUT2D eigenvalue weighted by atomic mass is 35.5. The normalized spacial score (nSPS) is 15.3. The average molecular weight is 357 g/mol. The van der Waals surface area contributed by atoms with Crippen molar-refractivity contribution < 1.29 is 9.59 Å². The van der Waals surface area contributed by atoms with Crippen LogP contribution >= 0.6 is 11.6 Å². The number of carbonyl (C=O) groups excluding carboxylic acids is 2. The second-order valence-electron chi connectivity index (χ2n) is 6.33. The summed E-state index contributed by atoms with van der Waals surface area (Å²) in [4.78, 5) is 26.0. The van der Waals surface area contributed by atoms with Crippen molar-refractivity contribution in [3.05, 3.63) is 70.2 Å². The van der Waals surface area contributed by atoms with Crippen molar-refractivity contribution in [3.63, 3.8) is 0 Å². The lowest BCUT2D eigenvalue weighted by Gasteiger charge is -2.17. The van der Waals surface area contributed by atoms with Crippen LogP contribution in [-0.2, 0) is 11.3 Å². The van der Waals surface area contributed by atoms with Crippen molar-refractivity contribution in [1.82, 2.24) is 10.2 Å². The molecular formula is C20H21ClN2O2. The smallest absolute Gasteiger partial charge is 0.251 e. The molecule has 1 saturated heterocycles. The lowest BCUT2D eigenvalue weighted by Crippen LogP contribution is -2.27. The standard InChI is InChI=1S/C20H21ClN2O2/c1-14(17-5-2-3-6-18(17)21)22-20(25)16-10-8-15(9-11-16)13-23-12-4-7-19(23)24/h2-3,5-6,8-11,14H,4,7,12-13H2,1H3,(H,22,25)/t14-/m0/s1. The molecule has 2 amide bonds. The Labute approximate surface area is 152 Å². The Morgan fingerprint density at radius 3 is 2.56 bits per heavy atom. The van der Waals surface area contributed by atoms with Crippen LogP contribution in [-0.4, -0.2) is 23.3 Å². The molecule has 2 aromatic carbocycles. The van der Waals surface area contributed by atoms with Crippen LogP contribution in [0.2, 0.25) is 5.02 Å².